The number of amides is 1. The van der Waals surface area contributed by atoms with Crippen molar-refractivity contribution in [3.05, 3.63) is 81.5 Å². The second-order valence-corrected chi connectivity index (χ2v) is 7.11. The third-order valence-electron chi connectivity index (χ3n) is 3.89. The lowest BCUT2D eigenvalue weighted by Gasteiger charge is -2.07. The third-order valence-corrected chi connectivity index (χ3v) is 4.71. The predicted molar refractivity (Wildman–Crippen MR) is 107 cm³/mol. The van der Waals surface area contributed by atoms with Crippen LogP contribution in [0.5, 0.6) is 0 Å². The van der Waals surface area contributed by atoms with Gasteiger partial charge in [-0.2, -0.15) is 0 Å². The first kappa shape index (κ1) is 17.7. The molecule has 27 heavy (non-hydrogen) atoms. The molecular weight excluding hydrogens is 435 g/mol. The number of hydrogen-bond acceptors (Lipinski definition) is 3. The molecule has 134 valence electrons. The molecule has 0 saturated heterocycles. The van der Waals surface area contributed by atoms with Gasteiger partial charge < -0.3 is 9.73 Å². The number of oxazole rings is 1. The van der Waals surface area contributed by atoms with Gasteiger partial charge in [-0.25, -0.2) is 9.37 Å². The Bertz CT molecular complexity index is 1180. The van der Waals surface area contributed by atoms with E-state index < -0.39 is 0 Å². The van der Waals surface area contributed by atoms with Gasteiger partial charge in [-0.3, -0.25) is 4.79 Å². The van der Waals surface area contributed by atoms with Gasteiger partial charge in [0.2, 0.25) is 5.89 Å². The van der Waals surface area contributed by atoms with Gasteiger partial charge in [0.25, 0.3) is 5.91 Å². The van der Waals surface area contributed by atoms with E-state index in [2.05, 4.69) is 26.2 Å². The van der Waals surface area contributed by atoms with Crippen molar-refractivity contribution in [3.8, 4) is 11.5 Å². The second-order valence-electron chi connectivity index (χ2n) is 5.79. The maximum Gasteiger partial charge on any atom is 0.257 e. The molecule has 0 bridgehead atoms. The van der Waals surface area contributed by atoms with Crippen molar-refractivity contribution in [1.82, 2.24) is 4.98 Å². The SMILES string of the molecule is O=C(Nc1ccc2oc(-c3cccc(F)c3)nc2c1)c1cc(Br)ccc1Cl. The highest BCUT2D eigenvalue weighted by Gasteiger charge is 2.13. The van der Waals surface area contributed by atoms with Crippen LogP contribution >= 0.6 is 27.5 Å². The molecule has 1 heterocycles. The largest absolute Gasteiger partial charge is 0.436 e. The van der Waals surface area contributed by atoms with E-state index in [0.717, 1.165) is 4.47 Å². The predicted octanol–water partition coefficient (Wildman–Crippen LogP) is 6.30. The number of aromatic nitrogens is 1. The van der Waals surface area contributed by atoms with Crippen molar-refractivity contribution < 1.29 is 13.6 Å². The minimum atomic E-state index is -0.367. The number of carbonyl (C=O) groups excluding carboxylic acids is 1. The van der Waals surface area contributed by atoms with Crippen molar-refractivity contribution in [1.29, 1.82) is 0 Å². The van der Waals surface area contributed by atoms with Crippen LogP contribution < -0.4 is 5.32 Å². The average Bonchev–Trinajstić information content (AvgIpc) is 3.07. The lowest BCUT2D eigenvalue weighted by Crippen LogP contribution is -2.12. The maximum atomic E-state index is 13.4. The molecular formula is C20H11BrClFN2O2. The fourth-order valence-electron chi connectivity index (χ4n) is 2.62. The molecule has 0 aliphatic rings. The van der Waals surface area contributed by atoms with E-state index in [9.17, 15) is 9.18 Å². The van der Waals surface area contributed by atoms with Crippen LogP contribution in [0.3, 0.4) is 0 Å². The highest BCUT2D eigenvalue weighted by atomic mass is 79.9. The van der Waals surface area contributed by atoms with E-state index >= 15 is 0 Å². The average molecular weight is 446 g/mol. The van der Waals surface area contributed by atoms with Crippen LogP contribution in [0.25, 0.3) is 22.6 Å². The van der Waals surface area contributed by atoms with Crippen LogP contribution in [0.4, 0.5) is 10.1 Å². The van der Waals surface area contributed by atoms with Crippen molar-refractivity contribution in [2.75, 3.05) is 5.32 Å². The zero-order valence-electron chi connectivity index (χ0n) is 13.7. The summed E-state index contributed by atoms with van der Waals surface area (Å²) in [4.78, 5) is 16.9. The minimum Gasteiger partial charge on any atom is -0.436 e. The van der Waals surface area contributed by atoms with Gasteiger partial charge >= 0.3 is 0 Å². The Balaban J connectivity index is 1.64. The van der Waals surface area contributed by atoms with E-state index in [1.165, 1.54) is 12.1 Å². The van der Waals surface area contributed by atoms with Gasteiger partial charge in [0, 0.05) is 15.7 Å². The first-order valence-electron chi connectivity index (χ1n) is 7.92. The number of rotatable bonds is 3. The first-order chi connectivity index (χ1) is 13.0. The molecule has 0 aliphatic heterocycles. The van der Waals surface area contributed by atoms with Crippen molar-refractivity contribution in [3.63, 3.8) is 0 Å². The first-order valence-corrected chi connectivity index (χ1v) is 9.09. The van der Waals surface area contributed by atoms with Crippen LogP contribution in [-0.2, 0) is 0 Å². The maximum absolute atomic E-state index is 13.4. The quantitative estimate of drug-likeness (QED) is 0.402. The molecule has 4 aromatic rings. The monoisotopic (exact) mass is 444 g/mol. The number of anilines is 1. The summed E-state index contributed by atoms with van der Waals surface area (Å²) in [5.41, 5.74) is 2.52. The zero-order valence-corrected chi connectivity index (χ0v) is 16.0. The lowest BCUT2D eigenvalue weighted by atomic mass is 10.2. The van der Waals surface area contributed by atoms with E-state index in [-0.39, 0.29) is 11.7 Å². The van der Waals surface area contributed by atoms with Crippen molar-refractivity contribution in [2.45, 2.75) is 0 Å². The summed E-state index contributed by atoms with van der Waals surface area (Å²) in [6.07, 6.45) is 0. The standard InChI is InChI=1S/C20H11BrClFN2O2/c21-12-4-6-16(22)15(9-12)19(26)24-14-5-7-18-17(10-14)25-20(27-18)11-2-1-3-13(23)8-11/h1-10H,(H,24,26). The molecule has 4 nitrogen and oxygen atoms in total. The Morgan fingerprint density at radius 3 is 2.78 bits per heavy atom. The van der Waals surface area contributed by atoms with Crippen molar-refractivity contribution >= 4 is 50.2 Å². The molecule has 0 radical (unpaired) electrons. The number of nitrogens with zero attached hydrogens (tertiary/aromatic N) is 1. The normalized spacial score (nSPS) is 10.9. The van der Waals surface area contributed by atoms with Crippen LogP contribution in [0.15, 0.2) is 69.6 Å². The van der Waals surface area contributed by atoms with Gasteiger partial charge in [-0.1, -0.05) is 33.6 Å². The van der Waals surface area contributed by atoms with Gasteiger partial charge in [-0.15, -0.1) is 0 Å². The van der Waals surface area contributed by atoms with Crippen LogP contribution in [0.1, 0.15) is 10.4 Å². The third kappa shape index (κ3) is 3.72. The molecule has 0 spiro atoms. The van der Waals surface area contributed by atoms with Gasteiger partial charge in [0.15, 0.2) is 5.58 Å². The molecule has 0 fully saturated rings. The van der Waals surface area contributed by atoms with Crippen LogP contribution in [-0.4, -0.2) is 10.9 Å². The summed E-state index contributed by atoms with van der Waals surface area (Å²) in [5, 5.41) is 3.14. The Hall–Kier alpha value is -2.70. The summed E-state index contributed by atoms with van der Waals surface area (Å²) >= 11 is 9.42. The number of fused-ring (bicyclic) bond motifs is 1. The fraction of sp³-hybridized carbons (Fsp3) is 0. The number of carbonyl (C=O) groups is 1. The fourth-order valence-corrected chi connectivity index (χ4v) is 3.18. The van der Waals surface area contributed by atoms with Crippen LogP contribution in [0.2, 0.25) is 5.02 Å². The summed E-state index contributed by atoms with van der Waals surface area (Å²) < 4.78 is 19.8. The molecule has 7 heteroatoms. The smallest absolute Gasteiger partial charge is 0.257 e. The Kier molecular flexibility index (Phi) is 4.68. The zero-order chi connectivity index (χ0) is 19.0. The molecule has 1 aromatic heterocycles. The second kappa shape index (κ2) is 7.13. The Labute approximate surface area is 167 Å². The number of halogens is 3. The summed E-state index contributed by atoms with van der Waals surface area (Å²) in [5.74, 6) is -0.397. The summed E-state index contributed by atoms with van der Waals surface area (Å²) in [6.45, 7) is 0. The summed E-state index contributed by atoms with van der Waals surface area (Å²) in [6, 6.07) is 16.1. The van der Waals surface area contributed by atoms with E-state index in [1.807, 2.05) is 0 Å². The number of hydrogen-bond donors (Lipinski definition) is 1. The van der Waals surface area contributed by atoms with Gasteiger partial charge in [0.05, 0.1) is 10.6 Å². The molecule has 0 aliphatic carbocycles. The minimum absolute atomic E-state index is 0.308. The van der Waals surface area contributed by atoms with Crippen LogP contribution in [0, 0.1) is 5.82 Å². The van der Waals surface area contributed by atoms with E-state index in [1.54, 1.807) is 48.5 Å². The molecule has 4 rings (SSSR count). The highest BCUT2D eigenvalue weighted by Crippen LogP contribution is 2.27. The molecule has 0 atom stereocenters. The lowest BCUT2D eigenvalue weighted by molar-refractivity contribution is 0.102. The van der Waals surface area contributed by atoms with Crippen molar-refractivity contribution in [2.24, 2.45) is 0 Å². The molecule has 3 aromatic carbocycles. The highest BCUT2D eigenvalue weighted by molar-refractivity contribution is 9.10. The molecule has 1 amide bonds. The summed E-state index contributed by atoms with van der Waals surface area (Å²) in [7, 11) is 0. The Morgan fingerprint density at radius 2 is 1.96 bits per heavy atom. The molecule has 0 unspecified atom stereocenters. The van der Waals surface area contributed by atoms with Gasteiger partial charge in [0.1, 0.15) is 11.3 Å². The molecule has 1 N–H and O–H groups in total. The van der Waals surface area contributed by atoms with E-state index in [0.29, 0.717) is 38.8 Å². The van der Waals surface area contributed by atoms with Gasteiger partial charge in [-0.05, 0) is 54.6 Å². The topological polar surface area (TPSA) is 55.1 Å². The van der Waals surface area contributed by atoms with E-state index in [4.69, 9.17) is 16.0 Å². The molecule has 0 saturated carbocycles. The number of benzene rings is 3. The number of nitrogens with one attached hydrogen (secondary N) is 1. The Morgan fingerprint density at radius 1 is 1.11 bits per heavy atom.